The van der Waals surface area contributed by atoms with Gasteiger partial charge in [0.25, 0.3) is 0 Å². The van der Waals surface area contributed by atoms with Crippen LogP contribution in [0.1, 0.15) is 16.7 Å². The van der Waals surface area contributed by atoms with Crippen molar-refractivity contribution in [2.75, 3.05) is 13.1 Å². The molecule has 2 aromatic rings. The number of pyridine rings is 1. The summed E-state index contributed by atoms with van der Waals surface area (Å²) in [5.41, 5.74) is 1.09. The summed E-state index contributed by atoms with van der Waals surface area (Å²) in [5.74, 6) is 0.0817. The van der Waals surface area contributed by atoms with E-state index in [4.69, 9.17) is 0 Å². The second-order valence-corrected chi connectivity index (χ2v) is 6.28. The first-order valence-corrected chi connectivity index (χ1v) is 7.87. The van der Waals surface area contributed by atoms with Crippen molar-refractivity contribution in [1.29, 1.82) is 0 Å². The number of benzene rings is 1. The predicted octanol–water partition coefficient (Wildman–Crippen LogP) is 3.14. The summed E-state index contributed by atoms with van der Waals surface area (Å²) in [6, 6.07) is 9.22. The molecule has 0 bridgehead atoms. The number of β-amino-alcohol motifs (C(OH)–C–C–N with tert-alkyl or cyclic N) is 1. The van der Waals surface area contributed by atoms with E-state index >= 15 is 0 Å². The second-order valence-electron chi connectivity index (χ2n) is 6.28. The Morgan fingerprint density at radius 1 is 1.08 bits per heavy atom. The number of nitrogens with zero attached hydrogens (tertiary/aromatic N) is 2. The molecule has 1 N–H and O–H groups in total. The Bertz CT molecular complexity index is 675. The third-order valence-electron chi connectivity index (χ3n) is 4.39. The number of aliphatic hydroxyl groups is 1. The lowest BCUT2D eigenvalue weighted by atomic mass is 9.97. The Morgan fingerprint density at radius 3 is 2.54 bits per heavy atom. The number of aromatic nitrogens is 1. The smallest absolute Gasteiger partial charge is 0.391 e. The highest BCUT2D eigenvalue weighted by Gasteiger charge is 2.33. The molecule has 1 aliphatic heterocycles. The molecule has 0 radical (unpaired) electrons. The summed E-state index contributed by atoms with van der Waals surface area (Å²) >= 11 is 0. The molecular formula is C18H19F3N2O. The first-order valence-electron chi connectivity index (χ1n) is 7.87. The summed E-state index contributed by atoms with van der Waals surface area (Å²) in [4.78, 5) is 5.98. The van der Waals surface area contributed by atoms with Crippen LogP contribution >= 0.6 is 0 Å². The molecule has 1 aliphatic rings. The summed E-state index contributed by atoms with van der Waals surface area (Å²) in [5, 5.41) is 10.2. The van der Waals surface area contributed by atoms with Gasteiger partial charge in [-0.3, -0.25) is 9.88 Å². The number of likely N-dealkylation sites (tertiary alicyclic amines) is 1. The van der Waals surface area contributed by atoms with Crippen molar-refractivity contribution in [3.63, 3.8) is 0 Å². The molecule has 128 valence electrons. The first kappa shape index (κ1) is 16.9. The Labute approximate surface area is 138 Å². The van der Waals surface area contributed by atoms with Gasteiger partial charge in [-0.1, -0.05) is 18.2 Å². The van der Waals surface area contributed by atoms with E-state index in [0.29, 0.717) is 25.2 Å². The molecule has 0 unspecified atom stereocenters. The molecule has 3 rings (SSSR count). The van der Waals surface area contributed by atoms with Gasteiger partial charge in [-0.2, -0.15) is 13.2 Å². The highest BCUT2D eigenvalue weighted by atomic mass is 19.4. The van der Waals surface area contributed by atoms with Gasteiger partial charge in [0.05, 0.1) is 11.7 Å². The largest absolute Gasteiger partial charge is 0.416 e. The van der Waals surface area contributed by atoms with E-state index in [1.54, 1.807) is 18.5 Å². The van der Waals surface area contributed by atoms with Crippen molar-refractivity contribution in [3.05, 3.63) is 65.5 Å². The number of rotatable bonds is 4. The Hall–Kier alpha value is -1.92. The van der Waals surface area contributed by atoms with E-state index < -0.39 is 17.8 Å². The van der Waals surface area contributed by atoms with E-state index in [0.717, 1.165) is 18.1 Å². The van der Waals surface area contributed by atoms with E-state index in [1.807, 2.05) is 17.0 Å². The fourth-order valence-electron chi connectivity index (χ4n) is 3.20. The zero-order chi connectivity index (χ0) is 17.2. The lowest BCUT2D eigenvalue weighted by molar-refractivity contribution is -0.137. The van der Waals surface area contributed by atoms with Crippen LogP contribution < -0.4 is 0 Å². The lowest BCUT2D eigenvalue weighted by Gasteiger charge is -2.17. The van der Waals surface area contributed by atoms with Crippen LogP contribution in [0.3, 0.4) is 0 Å². The summed E-state index contributed by atoms with van der Waals surface area (Å²) < 4.78 is 38.4. The van der Waals surface area contributed by atoms with Crippen molar-refractivity contribution in [3.8, 4) is 0 Å². The third kappa shape index (κ3) is 4.13. The van der Waals surface area contributed by atoms with Crippen LogP contribution in [0.25, 0.3) is 0 Å². The monoisotopic (exact) mass is 336 g/mol. The molecule has 0 saturated carbocycles. The van der Waals surface area contributed by atoms with Crippen LogP contribution in [0.15, 0.2) is 48.8 Å². The van der Waals surface area contributed by atoms with E-state index in [9.17, 15) is 18.3 Å². The number of halogens is 3. The summed E-state index contributed by atoms with van der Waals surface area (Å²) in [7, 11) is 0. The number of alkyl halides is 3. The molecule has 1 aromatic carbocycles. The average molecular weight is 336 g/mol. The third-order valence-corrected chi connectivity index (χ3v) is 4.39. The molecule has 2 atom stereocenters. The maximum absolute atomic E-state index is 12.8. The van der Waals surface area contributed by atoms with Gasteiger partial charge in [0, 0.05) is 37.9 Å². The average Bonchev–Trinajstić information content (AvgIpc) is 2.87. The van der Waals surface area contributed by atoms with Gasteiger partial charge in [-0.15, -0.1) is 0 Å². The number of aliphatic hydroxyl groups excluding tert-OH is 1. The van der Waals surface area contributed by atoms with Crippen LogP contribution in [0.5, 0.6) is 0 Å². The molecule has 1 fully saturated rings. The van der Waals surface area contributed by atoms with Crippen molar-refractivity contribution in [2.45, 2.75) is 25.2 Å². The van der Waals surface area contributed by atoms with Crippen LogP contribution in [-0.2, 0) is 19.1 Å². The highest BCUT2D eigenvalue weighted by molar-refractivity contribution is 5.25. The Morgan fingerprint density at radius 2 is 1.83 bits per heavy atom. The quantitative estimate of drug-likeness (QED) is 0.932. The summed E-state index contributed by atoms with van der Waals surface area (Å²) in [6.45, 7) is 1.56. The van der Waals surface area contributed by atoms with Crippen LogP contribution in [-0.4, -0.2) is 34.2 Å². The minimum absolute atomic E-state index is 0.0817. The predicted molar refractivity (Wildman–Crippen MR) is 84.2 cm³/mol. The maximum Gasteiger partial charge on any atom is 0.416 e. The minimum atomic E-state index is -4.33. The molecule has 24 heavy (non-hydrogen) atoms. The molecule has 3 nitrogen and oxygen atoms in total. The zero-order valence-corrected chi connectivity index (χ0v) is 13.1. The second kappa shape index (κ2) is 6.91. The van der Waals surface area contributed by atoms with Crippen molar-refractivity contribution in [1.82, 2.24) is 9.88 Å². The molecule has 2 heterocycles. The maximum atomic E-state index is 12.8. The van der Waals surface area contributed by atoms with Crippen molar-refractivity contribution < 1.29 is 18.3 Å². The van der Waals surface area contributed by atoms with Crippen LogP contribution in [0.4, 0.5) is 13.2 Å². The van der Waals surface area contributed by atoms with Gasteiger partial charge >= 0.3 is 6.18 Å². The molecule has 6 heteroatoms. The molecule has 1 aromatic heterocycles. The van der Waals surface area contributed by atoms with Gasteiger partial charge in [-0.25, -0.2) is 0 Å². The minimum Gasteiger partial charge on any atom is -0.391 e. The summed E-state index contributed by atoms with van der Waals surface area (Å²) in [6.07, 6.45) is -0.620. The molecule has 0 aliphatic carbocycles. The molecule has 0 spiro atoms. The number of hydrogen-bond acceptors (Lipinski definition) is 3. The van der Waals surface area contributed by atoms with Gasteiger partial charge in [0.1, 0.15) is 0 Å². The topological polar surface area (TPSA) is 36.4 Å². The lowest BCUT2D eigenvalue weighted by Crippen LogP contribution is -2.21. The zero-order valence-electron chi connectivity index (χ0n) is 13.1. The SMILES string of the molecule is O[C@H]1CN(Cc2cccc(C(F)(F)F)c2)C[C@H]1Cc1ccncc1. The van der Waals surface area contributed by atoms with Crippen LogP contribution in [0, 0.1) is 5.92 Å². The van der Waals surface area contributed by atoms with E-state index in [1.165, 1.54) is 12.1 Å². The number of hydrogen-bond donors (Lipinski definition) is 1. The normalized spacial score (nSPS) is 22.0. The molecule has 0 amide bonds. The van der Waals surface area contributed by atoms with Gasteiger partial charge < -0.3 is 5.11 Å². The first-order chi connectivity index (χ1) is 11.4. The van der Waals surface area contributed by atoms with Crippen LogP contribution in [0.2, 0.25) is 0 Å². The standard InChI is InChI=1S/C18H19F3N2O/c19-18(20,21)16-3-1-2-14(9-16)10-23-11-15(17(24)12-23)8-13-4-6-22-7-5-13/h1-7,9,15,17,24H,8,10-12H2/t15-,17+/m1/s1. The Kier molecular flexibility index (Phi) is 4.87. The molecular weight excluding hydrogens is 317 g/mol. The van der Waals surface area contributed by atoms with E-state index in [2.05, 4.69) is 4.98 Å². The fourth-order valence-corrected chi connectivity index (χ4v) is 3.20. The van der Waals surface area contributed by atoms with Crippen molar-refractivity contribution in [2.24, 2.45) is 5.92 Å². The Balaban J connectivity index is 1.63. The van der Waals surface area contributed by atoms with Crippen molar-refractivity contribution >= 4 is 0 Å². The molecule has 1 saturated heterocycles. The van der Waals surface area contributed by atoms with E-state index in [-0.39, 0.29) is 5.92 Å². The fraction of sp³-hybridized carbons (Fsp3) is 0.389. The highest BCUT2D eigenvalue weighted by Crippen LogP contribution is 2.30. The van der Waals surface area contributed by atoms with Gasteiger partial charge in [0.2, 0.25) is 0 Å². The van der Waals surface area contributed by atoms with Gasteiger partial charge in [-0.05, 0) is 35.7 Å². The van der Waals surface area contributed by atoms with Gasteiger partial charge in [0.15, 0.2) is 0 Å².